The third-order valence-electron chi connectivity index (χ3n) is 3.83. The second-order valence-corrected chi connectivity index (χ2v) is 5.42. The number of ether oxygens (including phenoxy) is 3. The third kappa shape index (κ3) is 6.37. The number of likely N-dealkylation sites (N-methyl/N-ethyl adjacent to an activating group) is 1. The SMILES string of the molecule is CCOC(=O)[C@@H](N)Cc1ccc(OCCN(CC)CC)c(OC)c1. The summed E-state index contributed by atoms with van der Waals surface area (Å²) in [5.74, 6) is 0.942. The van der Waals surface area contributed by atoms with E-state index in [1.807, 2.05) is 18.2 Å². The molecule has 1 aromatic carbocycles. The van der Waals surface area contributed by atoms with Gasteiger partial charge < -0.3 is 24.8 Å². The monoisotopic (exact) mass is 338 g/mol. The van der Waals surface area contributed by atoms with Crippen molar-refractivity contribution in [3.8, 4) is 11.5 Å². The van der Waals surface area contributed by atoms with Crippen LogP contribution in [-0.2, 0) is 16.0 Å². The Morgan fingerprint density at radius 3 is 2.50 bits per heavy atom. The number of hydrogen-bond acceptors (Lipinski definition) is 6. The van der Waals surface area contributed by atoms with E-state index in [-0.39, 0.29) is 0 Å². The molecule has 0 spiro atoms. The molecule has 0 radical (unpaired) electrons. The van der Waals surface area contributed by atoms with Crippen molar-refractivity contribution in [2.45, 2.75) is 33.2 Å². The summed E-state index contributed by atoms with van der Waals surface area (Å²) in [5.41, 5.74) is 6.76. The summed E-state index contributed by atoms with van der Waals surface area (Å²) >= 11 is 0. The number of carbonyl (C=O) groups excluding carboxylic acids is 1. The van der Waals surface area contributed by atoms with Crippen LogP contribution in [0, 0.1) is 0 Å². The molecule has 24 heavy (non-hydrogen) atoms. The van der Waals surface area contributed by atoms with Crippen molar-refractivity contribution < 1.29 is 19.0 Å². The summed E-state index contributed by atoms with van der Waals surface area (Å²) in [4.78, 5) is 13.9. The van der Waals surface area contributed by atoms with Gasteiger partial charge >= 0.3 is 5.97 Å². The van der Waals surface area contributed by atoms with E-state index >= 15 is 0 Å². The Kier molecular flexibility index (Phi) is 9.19. The molecule has 0 saturated heterocycles. The van der Waals surface area contributed by atoms with E-state index in [0.29, 0.717) is 31.1 Å². The van der Waals surface area contributed by atoms with Crippen molar-refractivity contribution in [3.63, 3.8) is 0 Å². The fourth-order valence-electron chi connectivity index (χ4n) is 2.37. The first-order chi connectivity index (χ1) is 11.5. The highest BCUT2D eigenvalue weighted by atomic mass is 16.5. The molecule has 0 heterocycles. The maximum atomic E-state index is 11.6. The number of rotatable bonds is 11. The molecule has 0 aliphatic heterocycles. The zero-order valence-corrected chi connectivity index (χ0v) is 15.2. The van der Waals surface area contributed by atoms with Crippen LogP contribution in [0.3, 0.4) is 0 Å². The van der Waals surface area contributed by atoms with Crippen LogP contribution in [0.25, 0.3) is 0 Å². The lowest BCUT2D eigenvalue weighted by molar-refractivity contribution is -0.144. The molecule has 6 nitrogen and oxygen atoms in total. The van der Waals surface area contributed by atoms with Crippen molar-refractivity contribution in [2.75, 3.05) is 40.0 Å². The van der Waals surface area contributed by atoms with Crippen molar-refractivity contribution in [1.82, 2.24) is 4.90 Å². The molecule has 0 amide bonds. The first-order valence-electron chi connectivity index (χ1n) is 8.49. The van der Waals surface area contributed by atoms with E-state index in [9.17, 15) is 4.79 Å². The number of nitrogens with zero attached hydrogens (tertiary/aromatic N) is 1. The summed E-state index contributed by atoms with van der Waals surface area (Å²) in [6, 6.07) is 4.93. The van der Waals surface area contributed by atoms with Gasteiger partial charge in [-0.25, -0.2) is 0 Å². The number of hydrogen-bond donors (Lipinski definition) is 1. The minimum Gasteiger partial charge on any atom is -0.493 e. The van der Waals surface area contributed by atoms with E-state index in [1.165, 1.54) is 0 Å². The lowest BCUT2D eigenvalue weighted by Gasteiger charge is -2.19. The Morgan fingerprint density at radius 1 is 1.21 bits per heavy atom. The molecule has 0 aliphatic rings. The Balaban J connectivity index is 2.65. The van der Waals surface area contributed by atoms with Gasteiger partial charge in [0.2, 0.25) is 0 Å². The molecule has 1 rings (SSSR count). The Morgan fingerprint density at radius 2 is 1.92 bits per heavy atom. The number of methoxy groups -OCH3 is 1. The van der Waals surface area contributed by atoms with Crippen LogP contribution in [-0.4, -0.2) is 56.9 Å². The smallest absolute Gasteiger partial charge is 0.323 e. The molecule has 0 aliphatic carbocycles. The van der Waals surface area contributed by atoms with Gasteiger partial charge in [0.1, 0.15) is 12.6 Å². The predicted molar refractivity (Wildman–Crippen MR) is 94.6 cm³/mol. The van der Waals surface area contributed by atoms with Crippen molar-refractivity contribution in [3.05, 3.63) is 23.8 Å². The number of carbonyl (C=O) groups is 1. The van der Waals surface area contributed by atoms with Gasteiger partial charge in [-0.05, 0) is 44.1 Å². The normalized spacial score (nSPS) is 12.1. The quantitative estimate of drug-likeness (QED) is 0.621. The molecule has 0 saturated carbocycles. The molecule has 0 fully saturated rings. The second kappa shape index (κ2) is 10.9. The van der Waals surface area contributed by atoms with Gasteiger partial charge in [-0.3, -0.25) is 4.79 Å². The molecular weight excluding hydrogens is 308 g/mol. The van der Waals surface area contributed by atoms with Crippen LogP contribution in [0.4, 0.5) is 0 Å². The molecule has 1 atom stereocenters. The molecule has 1 aromatic rings. The van der Waals surface area contributed by atoms with Crippen molar-refractivity contribution in [2.24, 2.45) is 5.73 Å². The molecule has 6 heteroatoms. The molecule has 0 bridgehead atoms. The van der Waals surface area contributed by atoms with Crippen molar-refractivity contribution >= 4 is 5.97 Å². The van der Waals surface area contributed by atoms with Gasteiger partial charge in [0.05, 0.1) is 13.7 Å². The van der Waals surface area contributed by atoms with Crippen LogP contribution in [0.5, 0.6) is 11.5 Å². The highest BCUT2D eigenvalue weighted by Gasteiger charge is 2.16. The summed E-state index contributed by atoms with van der Waals surface area (Å²) in [7, 11) is 1.60. The fourth-order valence-corrected chi connectivity index (χ4v) is 2.37. The third-order valence-corrected chi connectivity index (χ3v) is 3.83. The standard InChI is InChI=1S/C18H30N2O4/c1-5-20(6-2)10-11-24-16-9-8-14(13-17(16)22-4)12-15(19)18(21)23-7-3/h8-9,13,15H,5-7,10-12,19H2,1-4H3/t15-/m0/s1. The van der Waals surface area contributed by atoms with E-state index in [2.05, 4.69) is 18.7 Å². The first-order valence-corrected chi connectivity index (χ1v) is 8.49. The average Bonchev–Trinajstić information content (AvgIpc) is 2.59. The number of benzene rings is 1. The van der Waals surface area contributed by atoms with Crippen LogP contribution in [0.1, 0.15) is 26.3 Å². The summed E-state index contributed by atoms with van der Waals surface area (Å²) in [6.07, 6.45) is 0.398. The number of nitrogens with two attached hydrogens (primary N) is 1. The maximum Gasteiger partial charge on any atom is 0.323 e. The van der Waals surface area contributed by atoms with E-state index in [4.69, 9.17) is 19.9 Å². The second-order valence-electron chi connectivity index (χ2n) is 5.42. The highest BCUT2D eigenvalue weighted by molar-refractivity contribution is 5.75. The Bertz CT molecular complexity index is 504. The van der Waals surface area contributed by atoms with Gasteiger partial charge in [-0.15, -0.1) is 0 Å². The van der Waals surface area contributed by atoms with Gasteiger partial charge in [-0.2, -0.15) is 0 Å². The topological polar surface area (TPSA) is 74.0 Å². The van der Waals surface area contributed by atoms with Gasteiger partial charge in [0, 0.05) is 6.54 Å². The van der Waals surface area contributed by atoms with Crippen LogP contribution >= 0.6 is 0 Å². The lowest BCUT2D eigenvalue weighted by Crippen LogP contribution is -2.34. The van der Waals surface area contributed by atoms with Gasteiger partial charge in [0.15, 0.2) is 11.5 Å². The maximum absolute atomic E-state index is 11.6. The molecule has 0 aromatic heterocycles. The number of esters is 1. The van der Waals surface area contributed by atoms with Crippen molar-refractivity contribution in [1.29, 1.82) is 0 Å². The van der Waals surface area contributed by atoms with E-state index in [1.54, 1.807) is 14.0 Å². The molecule has 136 valence electrons. The Hall–Kier alpha value is -1.79. The van der Waals surface area contributed by atoms with Crippen LogP contribution < -0.4 is 15.2 Å². The minimum atomic E-state index is -0.677. The molecule has 2 N–H and O–H groups in total. The highest BCUT2D eigenvalue weighted by Crippen LogP contribution is 2.28. The van der Waals surface area contributed by atoms with Crippen LogP contribution in [0.15, 0.2) is 18.2 Å². The average molecular weight is 338 g/mol. The summed E-state index contributed by atoms with van der Waals surface area (Å²) in [6.45, 7) is 9.82. The minimum absolute atomic E-state index is 0.329. The largest absolute Gasteiger partial charge is 0.493 e. The summed E-state index contributed by atoms with van der Waals surface area (Å²) in [5, 5.41) is 0. The zero-order chi connectivity index (χ0) is 17.9. The zero-order valence-electron chi connectivity index (χ0n) is 15.2. The first kappa shape index (κ1) is 20.3. The van der Waals surface area contributed by atoms with E-state index in [0.717, 1.165) is 25.2 Å². The summed E-state index contributed by atoms with van der Waals surface area (Å²) < 4.78 is 16.1. The van der Waals surface area contributed by atoms with Gasteiger partial charge in [0.25, 0.3) is 0 Å². The van der Waals surface area contributed by atoms with Gasteiger partial charge in [-0.1, -0.05) is 19.9 Å². The molecular formula is C18H30N2O4. The van der Waals surface area contributed by atoms with Crippen LogP contribution in [0.2, 0.25) is 0 Å². The fraction of sp³-hybridized carbons (Fsp3) is 0.611. The lowest BCUT2D eigenvalue weighted by atomic mass is 10.1. The Labute approximate surface area is 144 Å². The van der Waals surface area contributed by atoms with E-state index < -0.39 is 12.0 Å². The molecule has 0 unspecified atom stereocenters. The predicted octanol–water partition coefficient (Wildman–Crippen LogP) is 1.85.